The van der Waals surface area contributed by atoms with Crippen LogP contribution in [0.15, 0.2) is 79.1 Å². The van der Waals surface area contributed by atoms with Crippen molar-refractivity contribution in [2.75, 3.05) is 0 Å². The van der Waals surface area contributed by atoms with E-state index in [4.69, 9.17) is 25.2 Å². The Morgan fingerprint density at radius 2 is 1.50 bits per heavy atom. The van der Waals surface area contributed by atoms with Gasteiger partial charge in [0.05, 0.1) is 10.9 Å². The van der Waals surface area contributed by atoms with Crippen molar-refractivity contribution < 1.29 is 13.6 Å². The normalized spacial score (nSPS) is 11.3. The van der Waals surface area contributed by atoms with E-state index in [1.807, 2.05) is 26.0 Å². The standard InChI is InChI=1S/C28H21ClO5/c1-15-10-23-19(12-26(30)34-24(23)11-16(15)2)14-32-21-8-9-22-25(13-21)33-17(3)27(28(22)31)18-4-6-20(29)7-5-18/h4-13H,14H2,1-3H3. The summed E-state index contributed by atoms with van der Waals surface area (Å²) in [5.74, 6) is 1.04. The number of hydrogen-bond donors (Lipinski definition) is 0. The summed E-state index contributed by atoms with van der Waals surface area (Å²) in [4.78, 5) is 25.2. The quantitative estimate of drug-likeness (QED) is 0.271. The Hall–Kier alpha value is -3.83. The lowest BCUT2D eigenvalue weighted by atomic mass is 10.0. The van der Waals surface area contributed by atoms with Crippen LogP contribution in [0.4, 0.5) is 0 Å². The number of ether oxygens (including phenoxy) is 1. The number of aryl methyl sites for hydroxylation is 3. The molecule has 6 heteroatoms. The van der Waals surface area contributed by atoms with Crippen LogP contribution < -0.4 is 15.8 Å². The number of hydrogen-bond acceptors (Lipinski definition) is 5. The Labute approximate surface area is 200 Å². The van der Waals surface area contributed by atoms with E-state index in [1.54, 1.807) is 49.4 Å². The zero-order valence-corrected chi connectivity index (χ0v) is 19.7. The molecule has 0 aliphatic heterocycles. The van der Waals surface area contributed by atoms with Crippen LogP contribution in [-0.4, -0.2) is 0 Å². The fourth-order valence-electron chi connectivity index (χ4n) is 4.09. The van der Waals surface area contributed by atoms with Crippen molar-refractivity contribution in [2.24, 2.45) is 0 Å². The molecule has 5 aromatic rings. The van der Waals surface area contributed by atoms with E-state index in [9.17, 15) is 9.59 Å². The summed E-state index contributed by atoms with van der Waals surface area (Å²) < 4.78 is 17.3. The first-order valence-corrected chi connectivity index (χ1v) is 11.2. The molecule has 0 bridgehead atoms. The molecule has 0 radical (unpaired) electrons. The van der Waals surface area contributed by atoms with Gasteiger partial charge < -0.3 is 13.6 Å². The molecular formula is C28H21ClO5. The average molecular weight is 473 g/mol. The molecule has 3 aromatic carbocycles. The Morgan fingerprint density at radius 1 is 0.794 bits per heavy atom. The van der Waals surface area contributed by atoms with Gasteiger partial charge >= 0.3 is 5.63 Å². The second-order valence-corrected chi connectivity index (χ2v) is 8.78. The van der Waals surface area contributed by atoms with E-state index in [-0.39, 0.29) is 12.0 Å². The molecule has 0 unspecified atom stereocenters. The Morgan fingerprint density at radius 3 is 2.26 bits per heavy atom. The smallest absolute Gasteiger partial charge is 0.336 e. The third-order valence-corrected chi connectivity index (χ3v) is 6.26. The second-order valence-electron chi connectivity index (χ2n) is 8.34. The van der Waals surface area contributed by atoms with Gasteiger partial charge in [0, 0.05) is 28.1 Å². The lowest BCUT2D eigenvalue weighted by Crippen LogP contribution is -2.08. The minimum Gasteiger partial charge on any atom is -0.489 e. The molecule has 170 valence electrons. The highest BCUT2D eigenvalue weighted by atomic mass is 35.5. The second kappa shape index (κ2) is 8.50. The van der Waals surface area contributed by atoms with Gasteiger partial charge in [-0.1, -0.05) is 23.7 Å². The van der Waals surface area contributed by atoms with Crippen LogP contribution in [0.5, 0.6) is 5.75 Å². The van der Waals surface area contributed by atoms with Crippen molar-refractivity contribution >= 4 is 33.5 Å². The van der Waals surface area contributed by atoms with E-state index < -0.39 is 5.63 Å². The maximum Gasteiger partial charge on any atom is 0.336 e. The van der Waals surface area contributed by atoms with Gasteiger partial charge in [-0.2, -0.15) is 0 Å². The van der Waals surface area contributed by atoms with Crippen LogP contribution in [0.1, 0.15) is 22.5 Å². The molecule has 34 heavy (non-hydrogen) atoms. The van der Waals surface area contributed by atoms with Gasteiger partial charge in [-0.05, 0) is 73.9 Å². The molecule has 0 aliphatic carbocycles. The summed E-state index contributed by atoms with van der Waals surface area (Å²) in [7, 11) is 0. The first-order valence-electron chi connectivity index (χ1n) is 10.8. The molecular weight excluding hydrogens is 452 g/mol. The third-order valence-electron chi connectivity index (χ3n) is 6.01. The number of benzene rings is 3. The van der Waals surface area contributed by atoms with E-state index >= 15 is 0 Å². The number of fused-ring (bicyclic) bond motifs is 2. The molecule has 0 saturated heterocycles. The van der Waals surface area contributed by atoms with Gasteiger partial charge in [0.25, 0.3) is 0 Å². The molecule has 0 amide bonds. The SMILES string of the molecule is Cc1cc2oc(=O)cc(COc3ccc4c(=O)c(-c5ccc(Cl)cc5)c(C)oc4c3)c2cc1C. The van der Waals surface area contributed by atoms with Crippen molar-refractivity contribution in [1.82, 2.24) is 0 Å². The molecule has 0 fully saturated rings. The predicted molar refractivity (Wildman–Crippen MR) is 134 cm³/mol. The minimum absolute atomic E-state index is 0.120. The summed E-state index contributed by atoms with van der Waals surface area (Å²) >= 11 is 5.98. The van der Waals surface area contributed by atoms with Crippen LogP contribution in [0, 0.1) is 20.8 Å². The van der Waals surface area contributed by atoms with Gasteiger partial charge in [-0.15, -0.1) is 0 Å². The van der Waals surface area contributed by atoms with Crippen LogP contribution in [0.2, 0.25) is 5.02 Å². The highest BCUT2D eigenvalue weighted by molar-refractivity contribution is 6.30. The van der Waals surface area contributed by atoms with Crippen molar-refractivity contribution in [2.45, 2.75) is 27.4 Å². The van der Waals surface area contributed by atoms with Crippen molar-refractivity contribution in [1.29, 1.82) is 0 Å². The van der Waals surface area contributed by atoms with Gasteiger partial charge in [-0.25, -0.2) is 4.79 Å². The molecule has 5 rings (SSSR count). The van der Waals surface area contributed by atoms with Crippen LogP contribution in [0.3, 0.4) is 0 Å². The Bertz CT molecular complexity index is 1680. The van der Waals surface area contributed by atoms with E-state index in [0.29, 0.717) is 38.6 Å². The molecule has 2 aromatic heterocycles. The van der Waals surface area contributed by atoms with E-state index in [1.165, 1.54) is 6.07 Å². The maximum atomic E-state index is 13.2. The van der Waals surface area contributed by atoms with Crippen molar-refractivity contribution in [3.05, 3.63) is 109 Å². The van der Waals surface area contributed by atoms with Crippen LogP contribution in [0.25, 0.3) is 33.1 Å². The number of rotatable bonds is 4. The molecule has 0 atom stereocenters. The monoisotopic (exact) mass is 472 g/mol. The number of halogens is 1. The zero-order chi connectivity index (χ0) is 24.0. The first kappa shape index (κ1) is 22.0. The molecule has 5 nitrogen and oxygen atoms in total. The van der Waals surface area contributed by atoms with Crippen molar-refractivity contribution in [3.8, 4) is 16.9 Å². The highest BCUT2D eigenvalue weighted by Gasteiger charge is 2.15. The lowest BCUT2D eigenvalue weighted by Gasteiger charge is -2.11. The molecule has 2 heterocycles. The Kier molecular flexibility index (Phi) is 5.50. The largest absolute Gasteiger partial charge is 0.489 e. The van der Waals surface area contributed by atoms with Gasteiger partial charge in [0.2, 0.25) is 5.43 Å². The minimum atomic E-state index is -0.427. The predicted octanol–water partition coefficient (Wildman–Crippen LogP) is 6.72. The van der Waals surface area contributed by atoms with Gasteiger partial charge in [0.15, 0.2) is 0 Å². The maximum absolute atomic E-state index is 13.2. The van der Waals surface area contributed by atoms with Crippen LogP contribution >= 0.6 is 11.6 Å². The summed E-state index contributed by atoms with van der Waals surface area (Å²) in [6, 6.07) is 17.5. The van der Waals surface area contributed by atoms with Crippen molar-refractivity contribution in [3.63, 3.8) is 0 Å². The molecule has 0 N–H and O–H groups in total. The third kappa shape index (κ3) is 3.99. The van der Waals surface area contributed by atoms with Gasteiger partial charge in [-0.3, -0.25) is 4.79 Å². The highest BCUT2D eigenvalue weighted by Crippen LogP contribution is 2.28. The Balaban J connectivity index is 1.50. The fourth-order valence-corrected chi connectivity index (χ4v) is 4.22. The van der Waals surface area contributed by atoms with Gasteiger partial charge in [0.1, 0.15) is 29.3 Å². The summed E-state index contributed by atoms with van der Waals surface area (Å²) in [6.07, 6.45) is 0. The zero-order valence-electron chi connectivity index (χ0n) is 18.9. The summed E-state index contributed by atoms with van der Waals surface area (Å²) in [6.45, 7) is 5.91. The molecule has 0 spiro atoms. The molecule has 0 aliphatic rings. The lowest BCUT2D eigenvalue weighted by molar-refractivity contribution is 0.306. The fraction of sp³-hybridized carbons (Fsp3) is 0.143. The topological polar surface area (TPSA) is 69.7 Å². The summed E-state index contributed by atoms with van der Waals surface area (Å²) in [5.41, 5.74) is 4.54. The molecule has 0 saturated carbocycles. The van der Waals surface area contributed by atoms with Crippen LogP contribution in [-0.2, 0) is 6.61 Å². The van der Waals surface area contributed by atoms with E-state index in [2.05, 4.69) is 0 Å². The van der Waals surface area contributed by atoms with E-state index in [0.717, 1.165) is 27.6 Å². The first-order chi connectivity index (χ1) is 16.3. The summed E-state index contributed by atoms with van der Waals surface area (Å²) in [5, 5.41) is 1.89. The average Bonchev–Trinajstić information content (AvgIpc) is 2.79.